The molecule has 0 saturated carbocycles. The molecule has 84 valence electrons. The van der Waals surface area contributed by atoms with Gasteiger partial charge in [0.15, 0.2) is 5.82 Å². The number of hydrogen-bond donors (Lipinski definition) is 3. The van der Waals surface area contributed by atoms with Crippen molar-refractivity contribution in [3.8, 4) is 0 Å². The van der Waals surface area contributed by atoms with Crippen molar-refractivity contribution < 1.29 is 5.11 Å². The van der Waals surface area contributed by atoms with Gasteiger partial charge in [-0.2, -0.15) is 0 Å². The zero-order chi connectivity index (χ0) is 11.3. The Hall–Kier alpha value is -0.200. The smallest absolute Gasteiger partial charge is 0.160 e. The van der Waals surface area contributed by atoms with Crippen LogP contribution < -0.4 is 11.3 Å². The maximum absolute atomic E-state index is 8.64. The van der Waals surface area contributed by atoms with Gasteiger partial charge in [0.25, 0.3) is 0 Å². The first-order chi connectivity index (χ1) is 7.19. The number of aliphatic hydroxyl groups is 1. The van der Waals surface area contributed by atoms with E-state index in [2.05, 4.69) is 10.4 Å². The van der Waals surface area contributed by atoms with Gasteiger partial charge in [-0.15, -0.1) is 11.8 Å². The minimum absolute atomic E-state index is 0.153. The Labute approximate surface area is 102 Å². The first-order valence-electron chi connectivity index (χ1n) is 4.25. The number of aromatic nitrogens is 1. The van der Waals surface area contributed by atoms with E-state index in [0.29, 0.717) is 27.3 Å². The van der Waals surface area contributed by atoms with Crippen molar-refractivity contribution in [1.82, 2.24) is 4.98 Å². The molecule has 1 heterocycles. The van der Waals surface area contributed by atoms with Crippen LogP contribution in [-0.4, -0.2) is 22.5 Å². The van der Waals surface area contributed by atoms with Gasteiger partial charge in [-0.1, -0.05) is 23.2 Å². The molecular weight excluding hydrogens is 257 g/mol. The normalized spacial score (nSPS) is 10.4. The summed E-state index contributed by atoms with van der Waals surface area (Å²) >= 11 is 13.2. The highest BCUT2D eigenvalue weighted by Gasteiger charge is 2.08. The maximum Gasteiger partial charge on any atom is 0.160 e. The van der Waals surface area contributed by atoms with Gasteiger partial charge in [-0.3, -0.25) is 0 Å². The second kappa shape index (κ2) is 6.40. The minimum atomic E-state index is 0.153. The van der Waals surface area contributed by atoms with Crippen LogP contribution in [0.2, 0.25) is 10.0 Å². The van der Waals surface area contributed by atoms with E-state index in [-0.39, 0.29) is 6.61 Å². The zero-order valence-electron chi connectivity index (χ0n) is 7.83. The molecule has 0 unspecified atom stereocenters. The molecule has 0 bridgehead atoms. The van der Waals surface area contributed by atoms with Crippen LogP contribution in [0.1, 0.15) is 6.42 Å². The summed E-state index contributed by atoms with van der Waals surface area (Å²) in [4.78, 5) is 4.14. The van der Waals surface area contributed by atoms with E-state index in [0.717, 1.165) is 5.75 Å². The minimum Gasteiger partial charge on any atom is -0.396 e. The molecular formula is C8H11Cl2N3OS. The lowest BCUT2D eigenvalue weighted by Gasteiger charge is -2.07. The highest BCUT2D eigenvalue weighted by atomic mass is 35.5. The molecule has 7 heteroatoms. The number of halogens is 2. The van der Waals surface area contributed by atoms with Gasteiger partial charge in [0.05, 0.1) is 10.0 Å². The predicted molar refractivity (Wildman–Crippen MR) is 64.5 cm³/mol. The van der Waals surface area contributed by atoms with E-state index < -0.39 is 0 Å². The molecule has 0 aliphatic carbocycles. The number of thioether (sulfide) groups is 1. The standard InChI is InChI=1S/C8H11Cl2N3OS/c9-5-4-6(10)8(12-7(5)13-11)15-3-1-2-14/h4,14H,1-3,11H2,(H,12,13). The fourth-order valence-electron chi connectivity index (χ4n) is 0.886. The Morgan fingerprint density at radius 1 is 1.47 bits per heavy atom. The molecule has 0 spiro atoms. The summed E-state index contributed by atoms with van der Waals surface area (Å²) in [6, 6.07) is 1.59. The Kier molecular flexibility index (Phi) is 5.49. The van der Waals surface area contributed by atoms with Crippen molar-refractivity contribution in [1.29, 1.82) is 0 Å². The summed E-state index contributed by atoms with van der Waals surface area (Å²) in [7, 11) is 0. The molecule has 1 aromatic heterocycles. The zero-order valence-corrected chi connectivity index (χ0v) is 10.2. The van der Waals surface area contributed by atoms with Gasteiger partial charge in [0.1, 0.15) is 5.03 Å². The van der Waals surface area contributed by atoms with E-state index >= 15 is 0 Å². The summed E-state index contributed by atoms with van der Waals surface area (Å²) in [5.74, 6) is 6.38. The van der Waals surface area contributed by atoms with E-state index in [9.17, 15) is 0 Å². The molecule has 0 saturated heterocycles. The van der Waals surface area contributed by atoms with Crippen LogP contribution in [0.15, 0.2) is 11.1 Å². The van der Waals surface area contributed by atoms with Crippen molar-refractivity contribution in [3.05, 3.63) is 16.1 Å². The number of nitrogen functional groups attached to an aromatic ring is 1. The Bertz CT molecular complexity index is 338. The first kappa shape index (κ1) is 12.9. The Balaban J connectivity index is 2.78. The average molecular weight is 268 g/mol. The molecule has 15 heavy (non-hydrogen) atoms. The number of pyridine rings is 1. The lowest BCUT2D eigenvalue weighted by molar-refractivity contribution is 0.296. The number of rotatable bonds is 5. The molecule has 1 rings (SSSR count). The van der Waals surface area contributed by atoms with Crippen LogP contribution in [-0.2, 0) is 0 Å². The van der Waals surface area contributed by atoms with Crippen LogP contribution in [0.3, 0.4) is 0 Å². The van der Waals surface area contributed by atoms with Crippen LogP contribution in [0, 0.1) is 0 Å². The number of nitrogens with one attached hydrogen (secondary N) is 1. The van der Waals surface area contributed by atoms with Crippen molar-refractivity contribution in [2.45, 2.75) is 11.4 Å². The summed E-state index contributed by atoms with van der Waals surface area (Å²) in [6.07, 6.45) is 0.691. The second-order valence-electron chi connectivity index (χ2n) is 2.68. The molecule has 0 amide bonds. The third-order valence-electron chi connectivity index (χ3n) is 1.58. The predicted octanol–water partition coefficient (Wildman–Crippen LogP) is 2.15. The summed E-state index contributed by atoms with van der Waals surface area (Å²) < 4.78 is 0. The number of hydrogen-bond acceptors (Lipinski definition) is 5. The van der Waals surface area contributed by atoms with Crippen molar-refractivity contribution in [2.75, 3.05) is 17.8 Å². The average Bonchev–Trinajstić information content (AvgIpc) is 2.21. The van der Waals surface area contributed by atoms with Gasteiger partial charge >= 0.3 is 0 Å². The van der Waals surface area contributed by atoms with Crippen LogP contribution >= 0.6 is 35.0 Å². The summed E-state index contributed by atoms with van der Waals surface area (Å²) in [6.45, 7) is 0.153. The van der Waals surface area contributed by atoms with Gasteiger partial charge in [0, 0.05) is 12.4 Å². The number of anilines is 1. The summed E-state index contributed by atoms with van der Waals surface area (Å²) in [5.41, 5.74) is 2.39. The fraction of sp³-hybridized carbons (Fsp3) is 0.375. The SMILES string of the molecule is NNc1nc(SCCCO)c(Cl)cc1Cl. The Morgan fingerprint density at radius 2 is 2.20 bits per heavy atom. The molecule has 0 aromatic carbocycles. The monoisotopic (exact) mass is 267 g/mol. The Morgan fingerprint density at radius 3 is 2.80 bits per heavy atom. The third-order valence-corrected chi connectivity index (χ3v) is 3.34. The van der Waals surface area contributed by atoms with Gasteiger partial charge in [0.2, 0.25) is 0 Å². The molecule has 0 aliphatic heterocycles. The van der Waals surface area contributed by atoms with Crippen molar-refractivity contribution in [2.24, 2.45) is 5.84 Å². The number of nitrogens with two attached hydrogens (primary N) is 1. The fourth-order valence-corrected chi connectivity index (χ4v) is 2.28. The molecule has 4 N–H and O–H groups in total. The second-order valence-corrected chi connectivity index (χ2v) is 4.57. The maximum atomic E-state index is 8.64. The van der Waals surface area contributed by atoms with Crippen LogP contribution in [0.25, 0.3) is 0 Å². The topological polar surface area (TPSA) is 71.2 Å². The van der Waals surface area contributed by atoms with Crippen molar-refractivity contribution >= 4 is 40.8 Å². The highest BCUT2D eigenvalue weighted by Crippen LogP contribution is 2.31. The highest BCUT2D eigenvalue weighted by molar-refractivity contribution is 7.99. The van der Waals surface area contributed by atoms with Crippen LogP contribution in [0.4, 0.5) is 5.82 Å². The molecule has 0 fully saturated rings. The molecule has 0 atom stereocenters. The van der Waals surface area contributed by atoms with E-state index in [1.165, 1.54) is 11.8 Å². The first-order valence-corrected chi connectivity index (χ1v) is 5.99. The number of hydrazine groups is 1. The summed E-state index contributed by atoms with van der Waals surface area (Å²) in [5, 5.41) is 10.2. The molecule has 1 aromatic rings. The molecule has 0 aliphatic rings. The number of nitrogens with zero attached hydrogens (tertiary/aromatic N) is 1. The van der Waals surface area contributed by atoms with Crippen LogP contribution in [0.5, 0.6) is 0 Å². The number of aliphatic hydroxyl groups excluding tert-OH is 1. The third kappa shape index (κ3) is 3.70. The van der Waals surface area contributed by atoms with Gasteiger partial charge in [-0.05, 0) is 12.5 Å². The van der Waals surface area contributed by atoms with Gasteiger partial charge < -0.3 is 10.5 Å². The molecule has 4 nitrogen and oxygen atoms in total. The van der Waals surface area contributed by atoms with E-state index in [1.807, 2.05) is 0 Å². The van der Waals surface area contributed by atoms with Gasteiger partial charge in [-0.25, -0.2) is 10.8 Å². The van der Waals surface area contributed by atoms with Crippen molar-refractivity contribution in [3.63, 3.8) is 0 Å². The lowest BCUT2D eigenvalue weighted by atomic mass is 10.4. The van der Waals surface area contributed by atoms with E-state index in [1.54, 1.807) is 6.07 Å². The van der Waals surface area contributed by atoms with E-state index in [4.69, 9.17) is 34.2 Å². The quantitative estimate of drug-likeness (QED) is 0.330. The largest absolute Gasteiger partial charge is 0.396 e. The lowest BCUT2D eigenvalue weighted by Crippen LogP contribution is -2.09. The molecule has 0 radical (unpaired) electrons.